The summed E-state index contributed by atoms with van der Waals surface area (Å²) in [6.07, 6.45) is 1.97. The van der Waals surface area contributed by atoms with E-state index >= 15 is 0 Å². The molecule has 0 radical (unpaired) electrons. The normalized spacial score (nSPS) is 20.4. The van der Waals surface area contributed by atoms with E-state index in [4.69, 9.17) is 4.74 Å². The minimum atomic E-state index is -0.344. The fourth-order valence-electron chi connectivity index (χ4n) is 3.93. The molecule has 6 nitrogen and oxygen atoms in total. The van der Waals surface area contributed by atoms with Crippen molar-refractivity contribution in [1.82, 2.24) is 10.2 Å². The summed E-state index contributed by atoms with van der Waals surface area (Å²) in [6.45, 7) is 10.0. The van der Waals surface area contributed by atoms with Crippen LogP contribution in [0.15, 0.2) is 18.2 Å². The Kier molecular flexibility index (Phi) is 7.66. The van der Waals surface area contributed by atoms with E-state index in [9.17, 15) is 9.18 Å². The average molecular weight is 395 g/mol. The van der Waals surface area contributed by atoms with Crippen LogP contribution in [0.4, 0.5) is 20.6 Å². The van der Waals surface area contributed by atoms with Gasteiger partial charge in [0.15, 0.2) is 0 Å². The summed E-state index contributed by atoms with van der Waals surface area (Å²) in [5, 5.41) is 5.66. The Hall–Kier alpha value is -1.86. The molecular weight excluding hydrogens is 359 g/mol. The first-order chi connectivity index (χ1) is 13.2. The second kappa shape index (κ2) is 9.56. The number of nitrogens with one attached hydrogen (secondary N) is 2. The highest BCUT2D eigenvalue weighted by atomic mass is 19.1. The van der Waals surface area contributed by atoms with Gasteiger partial charge in [0.1, 0.15) is 5.82 Å². The summed E-state index contributed by atoms with van der Waals surface area (Å²) in [7, 11) is 4.04. The maximum atomic E-state index is 14.7. The summed E-state index contributed by atoms with van der Waals surface area (Å²) in [6, 6.07) is 4.51. The van der Waals surface area contributed by atoms with E-state index < -0.39 is 0 Å². The molecule has 1 aliphatic heterocycles. The number of carbonyl (C=O) groups is 1. The van der Waals surface area contributed by atoms with Crippen LogP contribution in [0.2, 0.25) is 0 Å². The van der Waals surface area contributed by atoms with E-state index in [0.29, 0.717) is 31.0 Å². The van der Waals surface area contributed by atoms with Crippen LogP contribution in [0, 0.1) is 5.82 Å². The van der Waals surface area contributed by atoms with Crippen LogP contribution in [0.1, 0.15) is 40.5 Å². The molecule has 2 rings (SSSR count). The Labute approximate surface area is 168 Å². The summed E-state index contributed by atoms with van der Waals surface area (Å²) in [4.78, 5) is 16.4. The van der Waals surface area contributed by atoms with Gasteiger partial charge in [0.05, 0.1) is 17.9 Å². The molecule has 1 aliphatic rings. The van der Waals surface area contributed by atoms with Crippen molar-refractivity contribution in [2.75, 3.05) is 43.9 Å². The zero-order chi connectivity index (χ0) is 20.9. The van der Waals surface area contributed by atoms with Crippen LogP contribution in [-0.4, -0.2) is 62.4 Å². The minimum absolute atomic E-state index is 0.0563. The highest BCUT2D eigenvalue weighted by Crippen LogP contribution is 2.26. The van der Waals surface area contributed by atoms with Gasteiger partial charge in [0.2, 0.25) is 0 Å². The molecule has 2 atom stereocenters. The molecule has 28 heavy (non-hydrogen) atoms. The number of amides is 2. The Balaban J connectivity index is 1.99. The Morgan fingerprint density at radius 2 is 1.86 bits per heavy atom. The van der Waals surface area contributed by atoms with Crippen molar-refractivity contribution in [2.24, 2.45) is 0 Å². The molecule has 1 aromatic rings. The zero-order valence-electron chi connectivity index (χ0n) is 18.0. The molecular formula is C21H35FN4O2. The maximum absolute atomic E-state index is 14.7. The number of nitrogens with zero attached hydrogens (tertiary/aromatic N) is 2. The van der Waals surface area contributed by atoms with Gasteiger partial charge in [-0.15, -0.1) is 0 Å². The minimum Gasteiger partial charge on any atom is -0.372 e. The van der Waals surface area contributed by atoms with E-state index in [1.165, 1.54) is 6.07 Å². The van der Waals surface area contributed by atoms with Crippen LogP contribution in [0.5, 0.6) is 0 Å². The lowest BCUT2D eigenvalue weighted by atomic mass is 9.91. The molecule has 0 saturated carbocycles. The number of rotatable bonds is 7. The van der Waals surface area contributed by atoms with E-state index in [1.807, 2.05) is 32.8 Å². The van der Waals surface area contributed by atoms with Crippen molar-refractivity contribution < 1.29 is 13.9 Å². The number of benzene rings is 1. The number of carbonyl (C=O) groups excluding carboxylic acids is 1. The number of hydrogen-bond acceptors (Lipinski definition) is 4. The first-order valence-corrected chi connectivity index (χ1v) is 10.1. The fourth-order valence-corrected chi connectivity index (χ4v) is 3.93. The van der Waals surface area contributed by atoms with E-state index in [-0.39, 0.29) is 29.6 Å². The molecule has 158 valence electrons. The largest absolute Gasteiger partial charge is 0.372 e. The monoisotopic (exact) mass is 394 g/mol. The summed E-state index contributed by atoms with van der Waals surface area (Å²) in [5.74, 6) is -0.344. The van der Waals surface area contributed by atoms with Crippen LogP contribution in [0.3, 0.4) is 0 Å². The lowest BCUT2D eigenvalue weighted by Gasteiger charge is -2.38. The number of urea groups is 1. The van der Waals surface area contributed by atoms with E-state index in [0.717, 1.165) is 12.8 Å². The lowest BCUT2D eigenvalue weighted by Crippen LogP contribution is -2.52. The van der Waals surface area contributed by atoms with Gasteiger partial charge in [-0.25, -0.2) is 9.18 Å². The number of ether oxygens (including phenoxy) is 1. The fraction of sp³-hybridized carbons (Fsp3) is 0.667. The lowest BCUT2D eigenvalue weighted by molar-refractivity contribution is -0.00539. The first kappa shape index (κ1) is 22.4. The average Bonchev–Trinajstić information content (AvgIpc) is 2.62. The molecule has 0 spiro atoms. The van der Waals surface area contributed by atoms with Gasteiger partial charge < -0.3 is 25.2 Å². The van der Waals surface area contributed by atoms with Gasteiger partial charge in [-0.2, -0.15) is 0 Å². The number of halogens is 1. The first-order valence-electron chi connectivity index (χ1n) is 10.1. The molecule has 1 aromatic carbocycles. The third-order valence-corrected chi connectivity index (χ3v) is 5.81. The van der Waals surface area contributed by atoms with Gasteiger partial charge in [-0.3, -0.25) is 0 Å². The van der Waals surface area contributed by atoms with Crippen molar-refractivity contribution >= 4 is 17.4 Å². The zero-order valence-corrected chi connectivity index (χ0v) is 18.0. The molecule has 0 aromatic heterocycles. The number of hydrogen-bond donors (Lipinski definition) is 2. The van der Waals surface area contributed by atoms with Crippen LogP contribution < -0.4 is 15.5 Å². The van der Waals surface area contributed by atoms with Gasteiger partial charge in [-0.1, -0.05) is 13.8 Å². The second-order valence-corrected chi connectivity index (χ2v) is 7.96. The standard InChI is InChI=1S/C21H35FN4O2/c1-7-21(8-2,25(5)6)14-23-20(27)24-17-9-10-19(18(22)11-17)26-12-15(3)28-16(4)13-26/h9-11,15-16H,7-8,12-14H2,1-6H3,(H2,23,24,27)/t15-,16+. The molecule has 1 heterocycles. The van der Waals surface area contributed by atoms with Gasteiger partial charge in [-0.05, 0) is 59.0 Å². The quantitative estimate of drug-likeness (QED) is 0.741. The van der Waals surface area contributed by atoms with Crippen molar-refractivity contribution in [3.63, 3.8) is 0 Å². The highest BCUT2D eigenvalue weighted by Gasteiger charge is 2.29. The van der Waals surface area contributed by atoms with Gasteiger partial charge in [0, 0.05) is 30.9 Å². The topological polar surface area (TPSA) is 56.8 Å². The van der Waals surface area contributed by atoms with Crippen LogP contribution in [-0.2, 0) is 4.74 Å². The number of likely N-dealkylation sites (N-methyl/N-ethyl adjacent to an activating group) is 1. The van der Waals surface area contributed by atoms with Crippen molar-refractivity contribution in [3.8, 4) is 0 Å². The second-order valence-electron chi connectivity index (χ2n) is 7.96. The van der Waals surface area contributed by atoms with Crippen LogP contribution >= 0.6 is 0 Å². The molecule has 1 saturated heterocycles. The molecule has 2 amide bonds. The highest BCUT2D eigenvalue weighted by molar-refractivity contribution is 5.89. The molecule has 7 heteroatoms. The molecule has 0 aliphatic carbocycles. The number of anilines is 2. The van der Waals surface area contributed by atoms with E-state index in [2.05, 4.69) is 29.4 Å². The SMILES string of the molecule is CCC(CC)(CNC(=O)Nc1ccc(N2C[C@@H](C)O[C@@H](C)C2)c(F)c1)N(C)C. The summed E-state index contributed by atoms with van der Waals surface area (Å²) < 4.78 is 20.4. The molecule has 1 fully saturated rings. The molecule has 2 N–H and O–H groups in total. The van der Waals surface area contributed by atoms with Crippen molar-refractivity contribution in [2.45, 2.75) is 58.3 Å². The van der Waals surface area contributed by atoms with Crippen molar-refractivity contribution in [1.29, 1.82) is 0 Å². The maximum Gasteiger partial charge on any atom is 0.319 e. The molecule has 0 bridgehead atoms. The Morgan fingerprint density at radius 3 is 2.36 bits per heavy atom. The van der Waals surface area contributed by atoms with Crippen LogP contribution in [0.25, 0.3) is 0 Å². The number of morpholine rings is 1. The summed E-state index contributed by atoms with van der Waals surface area (Å²) >= 11 is 0. The Bertz CT molecular complexity index is 654. The molecule has 0 unspecified atom stereocenters. The van der Waals surface area contributed by atoms with Gasteiger partial charge >= 0.3 is 6.03 Å². The Morgan fingerprint density at radius 1 is 1.25 bits per heavy atom. The smallest absolute Gasteiger partial charge is 0.319 e. The third kappa shape index (κ3) is 5.35. The predicted molar refractivity (Wildman–Crippen MR) is 113 cm³/mol. The third-order valence-electron chi connectivity index (χ3n) is 5.81. The van der Waals surface area contributed by atoms with Crippen molar-refractivity contribution in [3.05, 3.63) is 24.0 Å². The van der Waals surface area contributed by atoms with Gasteiger partial charge in [0.25, 0.3) is 0 Å². The van der Waals surface area contributed by atoms with E-state index in [1.54, 1.807) is 12.1 Å². The predicted octanol–water partition coefficient (Wildman–Crippen LogP) is 3.68. The summed E-state index contributed by atoms with van der Waals surface area (Å²) in [5.41, 5.74) is 0.893.